The summed E-state index contributed by atoms with van der Waals surface area (Å²) in [7, 11) is 0. The normalized spacial score (nSPS) is 41.0. The van der Waals surface area contributed by atoms with Crippen molar-refractivity contribution in [1.29, 1.82) is 0 Å². The van der Waals surface area contributed by atoms with Crippen LogP contribution in [0.1, 0.15) is 91.0 Å². The van der Waals surface area contributed by atoms with E-state index in [0.29, 0.717) is 42.5 Å². The van der Waals surface area contributed by atoms with E-state index in [1.807, 2.05) is 37.3 Å². The summed E-state index contributed by atoms with van der Waals surface area (Å²) in [6, 6.07) is 9.86. The van der Waals surface area contributed by atoms with Gasteiger partial charge in [-0.15, -0.1) is 0 Å². The van der Waals surface area contributed by atoms with Crippen LogP contribution in [0.15, 0.2) is 42.0 Å². The molecule has 0 heterocycles. The van der Waals surface area contributed by atoms with Crippen molar-refractivity contribution < 1.29 is 19.4 Å². The maximum atomic E-state index is 14.0. The fourth-order valence-electron chi connectivity index (χ4n) is 9.52. The number of allylic oxidation sites excluding steroid dienone is 2. The lowest BCUT2D eigenvalue weighted by Crippen LogP contribution is -2.58. The van der Waals surface area contributed by atoms with Crippen LogP contribution in [0, 0.1) is 46.3 Å². The van der Waals surface area contributed by atoms with Gasteiger partial charge in [-0.25, -0.2) is 0 Å². The predicted octanol–water partition coefficient (Wildman–Crippen LogP) is 6.90. The molecule has 0 aliphatic heterocycles. The van der Waals surface area contributed by atoms with Crippen LogP contribution in [-0.2, 0) is 20.9 Å². The van der Waals surface area contributed by atoms with Crippen LogP contribution in [0.2, 0.25) is 0 Å². The second-order valence-corrected chi connectivity index (χ2v) is 13.2. The van der Waals surface area contributed by atoms with Crippen LogP contribution in [0.4, 0.5) is 0 Å². The minimum atomic E-state index is -0.276. The predicted molar refractivity (Wildman–Crippen MR) is 145 cm³/mol. The molecule has 1 aromatic carbocycles. The third kappa shape index (κ3) is 4.62. The van der Waals surface area contributed by atoms with Gasteiger partial charge in [0.15, 0.2) is 5.78 Å². The molecule has 4 saturated carbocycles. The van der Waals surface area contributed by atoms with Gasteiger partial charge in [0.1, 0.15) is 6.61 Å². The zero-order chi connectivity index (χ0) is 26.4. The SMILES string of the molecule is C/C=C1/C(=O)C2[C@H](CCC3(C)[C@@H]([C@H](C)CCC(=O)OCc4ccccc4)CC[C@@H]23)C2(C)CC[C@@H](O)CC12. The van der Waals surface area contributed by atoms with E-state index in [9.17, 15) is 14.7 Å². The van der Waals surface area contributed by atoms with Crippen LogP contribution < -0.4 is 0 Å². The molecule has 0 saturated heterocycles. The highest BCUT2D eigenvalue weighted by molar-refractivity contribution is 5.99. The van der Waals surface area contributed by atoms with Gasteiger partial charge in [-0.3, -0.25) is 9.59 Å². The first-order chi connectivity index (χ1) is 17.7. The average Bonchev–Trinajstić information content (AvgIpc) is 3.25. The van der Waals surface area contributed by atoms with Gasteiger partial charge in [-0.05, 0) is 110 Å². The van der Waals surface area contributed by atoms with E-state index in [1.165, 1.54) is 6.42 Å². The number of esters is 1. The van der Waals surface area contributed by atoms with Crippen LogP contribution in [0.25, 0.3) is 0 Å². The van der Waals surface area contributed by atoms with Crippen molar-refractivity contribution in [2.24, 2.45) is 46.3 Å². The number of hydrogen-bond acceptors (Lipinski definition) is 4. The molecule has 4 aliphatic carbocycles. The molecule has 4 nitrogen and oxygen atoms in total. The van der Waals surface area contributed by atoms with Crippen molar-refractivity contribution in [2.75, 3.05) is 0 Å². The van der Waals surface area contributed by atoms with Gasteiger partial charge in [-0.2, -0.15) is 0 Å². The Hall–Kier alpha value is -1.94. The van der Waals surface area contributed by atoms with Crippen LogP contribution in [-0.4, -0.2) is 23.0 Å². The van der Waals surface area contributed by atoms with Gasteiger partial charge in [0.2, 0.25) is 0 Å². The van der Waals surface area contributed by atoms with E-state index in [2.05, 4.69) is 26.8 Å². The Bertz CT molecular complexity index is 1030. The number of rotatable bonds is 6. The number of ether oxygens (including phenoxy) is 1. The molecular weight excluding hydrogens is 460 g/mol. The molecule has 202 valence electrons. The molecule has 4 unspecified atom stereocenters. The molecule has 9 atom stereocenters. The largest absolute Gasteiger partial charge is 0.461 e. The van der Waals surface area contributed by atoms with Gasteiger partial charge < -0.3 is 9.84 Å². The summed E-state index contributed by atoms with van der Waals surface area (Å²) in [6.45, 7) is 9.56. The third-order valence-electron chi connectivity index (χ3n) is 11.5. The summed E-state index contributed by atoms with van der Waals surface area (Å²) in [4.78, 5) is 26.5. The summed E-state index contributed by atoms with van der Waals surface area (Å²) < 4.78 is 5.54. The van der Waals surface area contributed by atoms with Gasteiger partial charge in [0.25, 0.3) is 0 Å². The van der Waals surface area contributed by atoms with Crippen molar-refractivity contribution >= 4 is 11.8 Å². The molecule has 0 radical (unpaired) electrons. The molecule has 4 fully saturated rings. The summed E-state index contributed by atoms with van der Waals surface area (Å²) in [6.07, 6.45) is 10.3. The van der Waals surface area contributed by atoms with Gasteiger partial charge in [0, 0.05) is 12.3 Å². The van der Waals surface area contributed by atoms with Crippen LogP contribution in [0.5, 0.6) is 0 Å². The van der Waals surface area contributed by atoms with Crippen molar-refractivity contribution in [1.82, 2.24) is 0 Å². The van der Waals surface area contributed by atoms with E-state index >= 15 is 0 Å². The van der Waals surface area contributed by atoms with Crippen molar-refractivity contribution in [3.05, 3.63) is 47.5 Å². The van der Waals surface area contributed by atoms with Crippen molar-refractivity contribution in [2.45, 2.75) is 98.2 Å². The molecule has 1 aromatic rings. The maximum absolute atomic E-state index is 14.0. The summed E-state index contributed by atoms with van der Waals surface area (Å²) in [5.74, 6) is 2.43. The Kier molecular flexibility index (Phi) is 7.44. The number of ketones is 1. The third-order valence-corrected chi connectivity index (χ3v) is 11.5. The number of carbonyl (C=O) groups is 2. The van der Waals surface area contributed by atoms with Crippen LogP contribution >= 0.6 is 0 Å². The highest BCUT2D eigenvalue weighted by Gasteiger charge is 2.64. The maximum Gasteiger partial charge on any atom is 0.306 e. The number of aliphatic hydroxyl groups is 1. The standard InChI is InChI=1S/C33H46O4/c1-5-24-28-19-23(34)15-17-33(28,4)27-16-18-32(3)25(12-13-26(32)30(27)31(24)36)21(2)11-14-29(35)37-20-22-9-7-6-8-10-22/h5-10,21,23,25-28,30,34H,11-20H2,1-4H3/b24-5+/t21-,23-,25-,26+,27+,28?,30?,32?,33?/m1/s1. The first-order valence-electron chi connectivity index (χ1n) is 14.8. The Morgan fingerprint density at radius 3 is 2.51 bits per heavy atom. The molecule has 37 heavy (non-hydrogen) atoms. The molecule has 0 amide bonds. The van der Waals surface area contributed by atoms with E-state index < -0.39 is 0 Å². The Morgan fingerprint density at radius 1 is 1.08 bits per heavy atom. The van der Waals surface area contributed by atoms with E-state index in [-0.39, 0.29) is 34.7 Å². The minimum Gasteiger partial charge on any atom is -0.461 e. The molecule has 0 spiro atoms. The van der Waals surface area contributed by atoms with E-state index in [0.717, 1.165) is 56.1 Å². The number of hydrogen-bond donors (Lipinski definition) is 1. The number of fused-ring (bicyclic) bond motifs is 5. The molecule has 0 aromatic heterocycles. The lowest BCUT2D eigenvalue weighted by atomic mass is 9.43. The minimum absolute atomic E-state index is 0.113. The fourth-order valence-corrected chi connectivity index (χ4v) is 9.52. The van der Waals surface area contributed by atoms with Gasteiger partial charge >= 0.3 is 5.97 Å². The fraction of sp³-hybridized carbons (Fsp3) is 0.697. The first-order valence-corrected chi connectivity index (χ1v) is 14.8. The summed E-state index contributed by atoms with van der Waals surface area (Å²) in [5, 5.41) is 10.5. The lowest BCUT2D eigenvalue weighted by Gasteiger charge is -2.61. The van der Waals surface area contributed by atoms with Gasteiger partial charge in [0.05, 0.1) is 6.10 Å². The van der Waals surface area contributed by atoms with E-state index in [4.69, 9.17) is 4.74 Å². The number of aliphatic hydroxyl groups excluding tert-OH is 1. The number of carbonyl (C=O) groups excluding carboxylic acids is 2. The zero-order valence-electron chi connectivity index (χ0n) is 23.2. The summed E-state index contributed by atoms with van der Waals surface area (Å²) in [5.41, 5.74) is 2.30. The Morgan fingerprint density at radius 2 is 1.78 bits per heavy atom. The first kappa shape index (κ1) is 26.7. The molecule has 4 heteroatoms. The highest BCUT2D eigenvalue weighted by Crippen LogP contribution is 2.68. The average molecular weight is 507 g/mol. The smallest absolute Gasteiger partial charge is 0.306 e. The zero-order valence-corrected chi connectivity index (χ0v) is 23.2. The summed E-state index contributed by atoms with van der Waals surface area (Å²) >= 11 is 0. The lowest BCUT2D eigenvalue weighted by molar-refractivity contribution is -0.150. The molecular formula is C33H46O4. The van der Waals surface area contributed by atoms with Crippen molar-refractivity contribution in [3.8, 4) is 0 Å². The topological polar surface area (TPSA) is 63.6 Å². The second kappa shape index (κ2) is 10.3. The molecule has 4 aliphatic rings. The van der Waals surface area contributed by atoms with Gasteiger partial charge in [-0.1, -0.05) is 57.2 Å². The highest BCUT2D eigenvalue weighted by atomic mass is 16.5. The molecule has 5 rings (SSSR count). The monoisotopic (exact) mass is 506 g/mol. The molecule has 1 N–H and O–H groups in total. The van der Waals surface area contributed by atoms with E-state index in [1.54, 1.807) is 0 Å². The number of benzene rings is 1. The van der Waals surface area contributed by atoms with Crippen LogP contribution in [0.3, 0.4) is 0 Å². The Labute approximate surface area is 223 Å². The quantitative estimate of drug-likeness (QED) is 0.337. The van der Waals surface area contributed by atoms with Crippen molar-refractivity contribution in [3.63, 3.8) is 0 Å². The Balaban J connectivity index is 1.27. The second-order valence-electron chi connectivity index (χ2n) is 13.2. The molecule has 0 bridgehead atoms. The number of Topliss-reactive ketones (excluding diaryl/α,β-unsaturated/α-hetero) is 1.